The molecule has 20 heavy (non-hydrogen) atoms. The van der Waals surface area contributed by atoms with Crippen molar-refractivity contribution in [1.82, 2.24) is 0 Å². The molecule has 0 heterocycles. The normalized spacial score (nSPS) is 9.20. The molecule has 2 nitrogen and oxygen atoms in total. The summed E-state index contributed by atoms with van der Waals surface area (Å²) < 4.78 is 5.67. The first-order chi connectivity index (χ1) is 9.81. The first kappa shape index (κ1) is 14.0. The van der Waals surface area contributed by atoms with Crippen molar-refractivity contribution in [3.05, 3.63) is 65.2 Å². The molecule has 0 aliphatic rings. The highest BCUT2D eigenvalue weighted by Crippen LogP contribution is 2.14. The first-order valence-electron chi connectivity index (χ1n) is 6.08. The van der Waals surface area contributed by atoms with Gasteiger partial charge in [-0.15, -0.1) is 11.6 Å². The van der Waals surface area contributed by atoms with Crippen LogP contribution in [0.15, 0.2) is 48.5 Å². The van der Waals surface area contributed by atoms with Crippen LogP contribution >= 0.6 is 11.6 Å². The third kappa shape index (κ3) is 4.05. The largest absolute Gasteiger partial charge is 0.489 e. The predicted octanol–water partition coefficient (Wildman–Crippen LogP) is 3.73. The Hall–Kier alpha value is -2.42. The minimum Gasteiger partial charge on any atom is -0.489 e. The summed E-state index contributed by atoms with van der Waals surface area (Å²) in [5, 5.41) is 8.84. The summed E-state index contributed by atoms with van der Waals surface area (Å²) in [4.78, 5) is 0. The van der Waals surface area contributed by atoms with E-state index in [1.165, 1.54) is 0 Å². The minimum atomic E-state index is 0.327. The van der Waals surface area contributed by atoms with Crippen LogP contribution in [0.4, 0.5) is 0 Å². The number of rotatable bonds is 3. The van der Waals surface area contributed by atoms with Crippen LogP contribution in [0.25, 0.3) is 0 Å². The van der Waals surface area contributed by atoms with Crippen molar-refractivity contribution in [2.24, 2.45) is 0 Å². The summed E-state index contributed by atoms with van der Waals surface area (Å²) in [7, 11) is 0. The summed E-state index contributed by atoms with van der Waals surface area (Å²) in [6.07, 6.45) is 0. The molecule has 0 atom stereocenters. The zero-order valence-corrected chi connectivity index (χ0v) is 11.5. The highest BCUT2D eigenvalue weighted by atomic mass is 35.5. The van der Waals surface area contributed by atoms with Gasteiger partial charge in [-0.3, -0.25) is 0 Å². The van der Waals surface area contributed by atoms with Crippen LogP contribution in [0.5, 0.6) is 5.75 Å². The van der Waals surface area contributed by atoms with Crippen molar-refractivity contribution < 1.29 is 4.74 Å². The molecule has 0 fully saturated rings. The van der Waals surface area contributed by atoms with E-state index in [0.29, 0.717) is 18.1 Å². The summed E-state index contributed by atoms with van der Waals surface area (Å²) in [5.74, 6) is 6.83. The van der Waals surface area contributed by atoms with Gasteiger partial charge in [-0.25, -0.2) is 0 Å². The van der Waals surface area contributed by atoms with E-state index in [0.717, 1.165) is 16.9 Å². The molecule has 0 unspecified atom stereocenters. The number of nitriles is 1. The zero-order chi connectivity index (χ0) is 14.2. The van der Waals surface area contributed by atoms with E-state index in [1.54, 1.807) is 6.07 Å². The van der Waals surface area contributed by atoms with Gasteiger partial charge < -0.3 is 4.74 Å². The second-order valence-corrected chi connectivity index (χ2v) is 4.33. The molecule has 2 aromatic rings. The lowest BCUT2D eigenvalue weighted by atomic mass is 10.1. The van der Waals surface area contributed by atoms with Gasteiger partial charge in [0, 0.05) is 5.56 Å². The number of hydrogen-bond acceptors (Lipinski definition) is 2. The van der Waals surface area contributed by atoms with Gasteiger partial charge in [0.25, 0.3) is 0 Å². The maximum absolute atomic E-state index is 8.84. The van der Waals surface area contributed by atoms with Crippen LogP contribution in [-0.4, -0.2) is 5.88 Å². The van der Waals surface area contributed by atoms with Crippen LogP contribution in [0.3, 0.4) is 0 Å². The number of halogens is 1. The molecule has 0 N–H and O–H groups in total. The Bertz CT molecular complexity index is 675. The van der Waals surface area contributed by atoms with Gasteiger partial charge in [-0.2, -0.15) is 5.26 Å². The fourth-order valence-corrected chi connectivity index (χ4v) is 1.73. The van der Waals surface area contributed by atoms with Gasteiger partial charge in [0.2, 0.25) is 0 Å². The van der Waals surface area contributed by atoms with Crippen molar-refractivity contribution >= 4 is 11.6 Å². The quantitative estimate of drug-likeness (QED) is 0.634. The number of nitrogens with zero attached hydrogens (tertiary/aromatic N) is 1. The maximum Gasteiger partial charge on any atom is 0.119 e. The van der Waals surface area contributed by atoms with Crippen LogP contribution in [0, 0.1) is 23.2 Å². The van der Waals surface area contributed by atoms with Gasteiger partial charge in [0.1, 0.15) is 12.4 Å². The van der Waals surface area contributed by atoms with Gasteiger partial charge in [-0.05, 0) is 42.0 Å². The number of ether oxygens (including phenoxy) is 1. The Morgan fingerprint density at radius 2 is 1.85 bits per heavy atom. The summed E-state index contributed by atoms with van der Waals surface area (Å²) in [6.45, 7) is 0.433. The average molecular weight is 282 g/mol. The number of hydrogen-bond donors (Lipinski definition) is 0. The van der Waals surface area contributed by atoms with Crippen molar-refractivity contribution in [2.75, 3.05) is 5.88 Å². The van der Waals surface area contributed by atoms with E-state index in [4.69, 9.17) is 21.6 Å². The standard InChI is InChI=1S/C17H12ClNO/c18-10-2-5-14-6-8-17(9-7-14)20-13-16-4-1-3-15(11-16)12-19/h1,3-4,6-9,11H,10,13H2. The Labute approximate surface area is 123 Å². The number of benzene rings is 2. The maximum atomic E-state index is 8.84. The van der Waals surface area contributed by atoms with Gasteiger partial charge in [0.15, 0.2) is 0 Å². The molecule has 0 bridgehead atoms. The van der Waals surface area contributed by atoms with E-state index in [1.807, 2.05) is 42.5 Å². The van der Waals surface area contributed by atoms with Crippen LogP contribution in [0.1, 0.15) is 16.7 Å². The predicted molar refractivity (Wildman–Crippen MR) is 79.5 cm³/mol. The fraction of sp³-hybridized carbons (Fsp3) is 0.118. The fourth-order valence-electron chi connectivity index (χ4n) is 1.67. The molecule has 0 aliphatic carbocycles. The Morgan fingerprint density at radius 1 is 1.05 bits per heavy atom. The van der Waals surface area contributed by atoms with Gasteiger partial charge in [-0.1, -0.05) is 24.0 Å². The van der Waals surface area contributed by atoms with Crippen LogP contribution in [-0.2, 0) is 6.61 Å². The van der Waals surface area contributed by atoms with Gasteiger partial charge in [0.05, 0.1) is 17.5 Å². The highest BCUT2D eigenvalue weighted by Gasteiger charge is 1.98. The second-order valence-electron chi connectivity index (χ2n) is 4.06. The van der Waals surface area contributed by atoms with E-state index >= 15 is 0 Å². The molecular formula is C17H12ClNO. The molecule has 2 rings (SSSR count). The molecule has 0 aliphatic heterocycles. The lowest BCUT2D eigenvalue weighted by molar-refractivity contribution is 0.306. The Morgan fingerprint density at radius 3 is 2.55 bits per heavy atom. The van der Waals surface area contributed by atoms with Crippen molar-refractivity contribution in [3.63, 3.8) is 0 Å². The molecule has 3 heteroatoms. The SMILES string of the molecule is N#Cc1cccc(COc2ccc(C#CCCl)cc2)c1. The monoisotopic (exact) mass is 281 g/mol. The molecule has 0 aromatic heterocycles. The van der Waals surface area contributed by atoms with Crippen molar-refractivity contribution in [2.45, 2.75) is 6.61 Å². The molecule has 0 amide bonds. The number of alkyl halides is 1. The average Bonchev–Trinajstić information content (AvgIpc) is 2.52. The lowest BCUT2D eigenvalue weighted by Crippen LogP contribution is -1.95. The molecular weight excluding hydrogens is 270 g/mol. The summed E-state index contributed by atoms with van der Waals surface area (Å²) in [5.41, 5.74) is 2.51. The van der Waals surface area contributed by atoms with E-state index < -0.39 is 0 Å². The van der Waals surface area contributed by atoms with E-state index in [9.17, 15) is 0 Å². The van der Waals surface area contributed by atoms with Crippen molar-refractivity contribution in [3.8, 4) is 23.7 Å². The van der Waals surface area contributed by atoms with E-state index in [2.05, 4.69) is 17.9 Å². The van der Waals surface area contributed by atoms with Crippen LogP contribution in [0.2, 0.25) is 0 Å². The van der Waals surface area contributed by atoms with Gasteiger partial charge >= 0.3 is 0 Å². The molecule has 98 valence electrons. The molecule has 0 saturated carbocycles. The summed E-state index contributed by atoms with van der Waals surface area (Å²) in [6, 6.07) is 17.0. The molecule has 2 aromatic carbocycles. The first-order valence-corrected chi connectivity index (χ1v) is 6.62. The lowest BCUT2D eigenvalue weighted by Gasteiger charge is -2.06. The second kappa shape index (κ2) is 7.24. The summed E-state index contributed by atoms with van der Waals surface area (Å²) >= 11 is 5.50. The highest BCUT2D eigenvalue weighted by molar-refractivity contribution is 6.19. The Kier molecular flexibility index (Phi) is 5.07. The minimum absolute atomic E-state index is 0.327. The topological polar surface area (TPSA) is 33.0 Å². The zero-order valence-electron chi connectivity index (χ0n) is 10.8. The van der Waals surface area contributed by atoms with Crippen LogP contribution < -0.4 is 4.74 Å². The van der Waals surface area contributed by atoms with Crippen molar-refractivity contribution in [1.29, 1.82) is 5.26 Å². The molecule has 0 spiro atoms. The Balaban J connectivity index is 1.98. The molecule has 0 radical (unpaired) electrons. The van der Waals surface area contributed by atoms with E-state index in [-0.39, 0.29) is 0 Å². The third-order valence-corrected chi connectivity index (χ3v) is 2.75. The smallest absolute Gasteiger partial charge is 0.119 e. The third-order valence-electron chi connectivity index (χ3n) is 2.62. The molecule has 0 saturated heterocycles.